The van der Waals surface area contributed by atoms with Gasteiger partial charge in [0.1, 0.15) is 11.1 Å². The molecule has 2 aromatic carbocycles. The van der Waals surface area contributed by atoms with Gasteiger partial charge in [-0.3, -0.25) is 9.59 Å². The quantitative estimate of drug-likeness (QED) is 0.818. The second kappa shape index (κ2) is 8.48. The number of methoxy groups -OCH3 is 1. The van der Waals surface area contributed by atoms with E-state index in [1.807, 2.05) is 62.4 Å². The predicted octanol–water partition coefficient (Wildman–Crippen LogP) is 3.99. The second-order valence-electron chi connectivity index (χ2n) is 6.57. The largest absolute Gasteiger partial charge is 0.496 e. The Bertz CT molecular complexity index is 822. The highest BCUT2D eigenvalue weighted by molar-refractivity contribution is 8.01. The first-order chi connectivity index (χ1) is 13.0. The Kier molecular flexibility index (Phi) is 6.06. The molecule has 3 rings (SSSR count). The van der Waals surface area contributed by atoms with Crippen LogP contribution in [-0.2, 0) is 9.59 Å². The maximum atomic E-state index is 12.6. The summed E-state index contributed by atoms with van der Waals surface area (Å²) in [5.74, 6) is 0.708. The molecule has 142 valence electrons. The zero-order valence-electron chi connectivity index (χ0n) is 15.8. The highest BCUT2D eigenvalue weighted by Gasteiger charge is 2.39. The SMILES string of the molecule is COc1ccccc1C1SC(C)C(=O)N1CCC(=O)Nc1ccc(C)cc1. The fourth-order valence-electron chi connectivity index (χ4n) is 3.10. The summed E-state index contributed by atoms with van der Waals surface area (Å²) in [6.07, 6.45) is 0.249. The van der Waals surface area contributed by atoms with Gasteiger partial charge < -0.3 is 15.0 Å². The lowest BCUT2D eigenvalue weighted by Gasteiger charge is -2.25. The molecule has 0 saturated carbocycles. The normalized spacial score (nSPS) is 19.2. The Hall–Kier alpha value is -2.47. The van der Waals surface area contributed by atoms with E-state index in [1.165, 1.54) is 0 Å². The van der Waals surface area contributed by atoms with Crippen LogP contribution in [0.4, 0.5) is 5.69 Å². The van der Waals surface area contributed by atoms with Gasteiger partial charge in [0.15, 0.2) is 0 Å². The third-order valence-corrected chi connectivity index (χ3v) is 5.94. The Morgan fingerprint density at radius 1 is 1.19 bits per heavy atom. The highest BCUT2D eigenvalue weighted by atomic mass is 32.2. The smallest absolute Gasteiger partial charge is 0.236 e. The molecule has 0 aliphatic carbocycles. The van der Waals surface area contributed by atoms with E-state index in [0.717, 1.165) is 22.6 Å². The van der Waals surface area contributed by atoms with E-state index in [2.05, 4.69) is 5.32 Å². The molecule has 1 heterocycles. The van der Waals surface area contributed by atoms with Crippen LogP contribution in [0.2, 0.25) is 0 Å². The van der Waals surface area contributed by atoms with Crippen molar-refractivity contribution in [1.29, 1.82) is 0 Å². The molecule has 1 aliphatic rings. The lowest BCUT2D eigenvalue weighted by atomic mass is 10.1. The van der Waals surface area contributed by atoms with Crippen LogP contribution < -0.4 is 10.1 Å². The second-order valence-corrected chi connectivity index (χ2v) is 7.99. The first kappa shape index (κ1) is 19.3. The van der Waals surface area contributed by atoms with Crippen LogP contribution in [0.5, 0.6) is 5.75 Å². The third-order valence-electron chi connectivity index (χ3n) is 4.57. The van der Waals surface area contributed by atoms with Crippen molar-refractivity contribution in [1.82, 2.24) is 4.90 Å². The minimum absolute atomic E-state index is 0.0547. The summed E-state index contributed by atoms with van der Waals surface area (Å²) < 4.78 is 5.46. The number of para-hydroxylation sites is 1. The van der Waals surface area contributed by atoms with Crippen molar-refractivity contribution in [2.24, 2.45) is 0 Å². The van der Waals surface area contributed by atoms with Gasteiger partial charge >= 0.3 is 0 Å². The van der Waals surface area contributed by atoms with E-state index in [0.29, 0.717) is 6.54 Å². The minimum atomic E-state index is -0.143. The van der Waals surface area contributed by atoms with Crippen LogP contribution in [0.25, 0.3) is 0 Å². The van der Waals surface area contributed by atoms with Crippen molar-refractivity contribution in [3.05, 3.63) is 59.7 Å². The van der Waals surface area contributed by atoms with Crippen LogP contribution >= 0.6 is 11.8 Å². The maximum absolute atomic E-state index is 12.6. The number of hydrogen-bond donors (Lipinski definition) is 1. The number of anilines is 1. The molecule has 1 fully saturated rings. The van der Waals surface area contributed by atoms with Gasteiger partial charge in [0.2, 0.25) is 11.8 Å². The molecule has 2 aromatic rings. The number of amides is 2. The summed E-state index contributed by atoms with van der Waals surface area (Å²) in [6.45, 7) is 4.28. The zero-order valence-corrected chi connectivity index (χ0v) is 16.6. The Morgan fingerprint density at radius 2 is 1.89 bits per heavy atom. The van der Waals surface area contributed by atoms with E-state index in [-0.39, 0.29) is 28.9 Å². The van der Waals surface area contributed by atoms with Crippen molar-refractivity contribution >= 4 is 29.3 Å². The minimum Gasteiger partial charge on any atom is -0.496 e. The Morgan fingerprint density at radius 3 is 2.59 bits per heavy atom. The molecule has 0 spiro atoms. The van der Waals surface area contributed by atoms with Crippen molar-refractivity contribution in [3.63, 3.8) is 0 Å². The number of nitrogens with one attached hydrogen (secondary N) is 1. The topological polar surface area (TPSA) is 58.6 Å². The zero-order chi connectivity index (χ0) is 19.4. The van der Waals surface area contributed by atoms with E-state index in [4.69, 9.17) is 4.74 Å². The molecule has 0 aromatic heterocycles. The summed E-state index contributed by atoms with van der Waals surface area (Å²) in [6, 6.07) is 15.4. The summed E-state index contributed by atoms with van der Waals surface area (Å²) in [7, 11) is 1.63. The predicted molar refractivity (Wildman–Crippen MR) is 109 cm³/mol. The number of carbonyl (C=O) groups excluding carboxylic acids is 2. The fraction of sp³-hybridized carbons (Fsp3) is 0.333. The van der Waals surface area contributed by atoms with Gasteiger partial charge in [-0.15, -0.1) is 11.8 Å². The van der Waals surface area contributed by atoms with Gasteiger partial charge in [-0.2, -0.15) is 0 Å². The summed E-state index contributed by atoms with van der Waals surface area (Å²) in [5.41, 5.74) is 2.87. The van der Waals surface area contributed by atoms with E-state index in [9.17, 15) is 9.59 Å². The molecular weight excluding hydrogens is 360 g/mol. The fourth-order valence-corrected chi connectivity index (χ4v) is 4.43. The van der Waals surface area contributed by atoms with Gasteiger partial charge in [-0.1, -0.05) is 35.9 Å². The molecule has 1 saturated heterocycles. The monoisotopic (exact) mass is 384 g/mol. The summed E-state index contributed by atoms with van der Waals surface area (Å²) >= 11 is 1.59. The van der Waals surface area contributed by atoms with Crippen molar-refractivity contribution in [3.8, 4) is 5.75 Å². The number of thioether (sulfide) groups is 1. The summed E-state index contributed by atoms with van der Waals surface area (Å²) in [5, 5.41) is 2.61. The van der Waals surface area contributed by atoms with Crippen LogP contribution in [0, 0.1) is 6.92 Å². The molecule has 2 amide bonds. The van der Waals surface area contributed by atoms with Gasteiger partial charge in [-0.25, -0.2) is 0 Å². The lowest BCUT2D eigenvalue weighted by molar-refractivity contribution is -0.130. The van der Waals surface area contributed by atoms with E-state index in [1.54, 1.807) is 23.8 Å². The standard InChI is InChI=1S/C21H24N2O3S/c1-14-8-10-16(11-9-14)22-19(24)12-13-23-20(25)15(2)27-21(23)17-6-4-5-7-18(17)26-3/h4-11,15,21H,12-13H2,1-3H3,(H,22,24). The van der Waals surface area contributed by atoms with Crippen molar-refractivity contribution in [2.75, 3.05) is 19.0 Å². The van der Waals surface area contributed by atoms with Gasteiger partial charge in [0.25, 0.3) is 0 Å². The molecule has 6 heteroatoms. The Labute approximate surface area is 164 Å². The molecule has 2 atom stereocenters. The number of nitrogens with zero attached hydrogens (tertiary/aromatic N) is 1. The van der Waals surface area contributed by atoms with Crippen molar-refractivity contribution in [2.45, 2.75) is 30.9 Å². The van der Waals surface area contributed by atoms with E-state index >= 15 is 0 Å². The van der Waals surface area contributed by atoms with E-state index < -0.39 is 0 Å². The number of carbonyl (C=O) groups is 2. The third kappa shape index (κ3) is 4.45. The van der Waals surface area contributed by atoms with Crippen LogP contribution in [0.15, 0.2) is 48.5 Å². The number of ether oxygens (including phenoxy) is 1. The van der Waals surface area contributed by atoms with Crippen LogP contribution in [-0.4, -0.2) is 35.6 Å². The molecule has 27 heavy (non-hydrogen) atoms. The first-order valence-electron chi connectivity index (χ1n) is 8.95. The summed E-state index contributed by atoms with van der Waals surface area (Å²) in [4.78, 5) is 26.7. The van der Waals surface area contributed by atoms with Crippen LogP contribution in [0.1, 0.15) is 29.8 Å². The molecule has 1 aliphatic heterocycles. The highest BCUT2D eigenvalue weighted by Crippen LogP contribution is 2.45. The molecule has 2 unspecified atom stereocenters. The lowest BCUT2D eigenvalue weighted by Crippen LogP contribution is -2.33. The maximum Gasteiger partial charge on any atom is 0.236 e. The van der Waals surface area contributed by atoms with Crippen molar-refractivity contribution < 1.29 is 14.3 Å². The van der Waals surface area contributed by atoms with Gasteiger partial charge in [0.05, 0.1) is 12.4 Å². The molecule has 1 N–H and O–H groups in total. The molecule has 0 radical (unpaired) electrons. The average molecular weight is 385 g/mol. The first-order valence-corrected chi connectivity index (χ1v) is 9.89. The molecule has 0 bridgehead atoms. The number of benzene rings is 2. The molecule has 5 nitrogen and oxygen atoms in total. The van der Waals surface area contributed by atoms with Crippen LogP contribution in [0.3, 0.4) is 0 Å². The number of rotatable bonds is 6. The van der Waals surface area contributed by atoms with Gasteiger partial charge in [0, 0.05) is 24.2 Å². The number of hydrogen-bond acceptors (Lipinski definition) is 4. The average Bonchev–Trinajstić information content (AvgIpc) is 2.96. The number of aryl methyl sites for hydroxylation is 1. The van der Waals surface area contributed by atoms with Gasteiger partial charge in [-0.05, 0) is 32.0 Å². The molecular formula is C21H24N2O3S. The Balaban J connectivity index is 1.68.